The number of phenolic OH excluding ortho intramolecular Hbond substituents is 1. The van der Waals surface area contributed by atoms with Crippen LogP contribution in [0.5, 0.6) is 5.75 Å². The van der Waals surface area contributed by atoms with E-state index in [0.29, 0.717) is 57.4 Å². The molecule has 1 aromatic heterocycles. The SMILES string of the molecule is C=CC(=O)N1CC[C@H](C(=O)N(C)[C@H](C(=O)NC2CC23Cc2cc(O)cc(c2)-c2ccc4c(c2)c(c(-c2ccc(CN5CC[C@@H](O)C5)cc2)n4CC)CC(C)(C)COC(=O)[C@@H]2CCCN(C3=O)[N+]2=C)C(C)C)C1. The Balaban J connectivity index is 1.08. The molecule has 1 aliphatic carbocycles. The summed E-state index contributed by atoms with van der Waals surface area (Å²) in [4.78, 5) is 75.6. The predicted molar refractivity (Wildman–Crippen MR) is 276 cm³/mol. The third-order valence-corrected chi connectivity index (χ3v) is 16.0. The van der Waals surface area contributed by atoms with Crippen LogP contribution in [0, 0.1) is 22.7 Å². The number of hydrogen-bond acceptors (Lipinski definition) is 9. The molecular formula is C57H72N7O8+. The van der Waals surface area contributed by atoms with Crippen LogP contribution in [0.3, 0.4) is 0 Å². The number of aromatic hydroxyl groups is 1. The molecule has 1 saturated carbocycles. The summed E-state index contributed by atoms with van der Waals surface area (Å²) in [5, 5.41) is 27.4. The molecule has 6 bridgehead atoms. The Hall–Kier alpha value is -6.32. The molecule has 15 nitrogen and oxygen atoms in total. The fourth-order valence-corrected chi connectivity index (χ4v) is 12.1. The Labute approximate surface area is 423 Å². The molecule has 5 heterocycles. The molecule has 3 N–H and O–H groups in total. The number of nitrogens with zero attached hydrogens (tertiary/aromatic N) is 6. The van der Waals surface area contributed by atoms with Crippen molar-refractivity contribution in [2.24, 2.45) is 22.7 Å². The van der Waals surface area contributed by atoms with E-state index in [1.807, 2.05) is 19.9 Å². The monoisotopic (exact) mass is 983 g/mol. The van der Waals surface area contributed by atoms with Gasteiger partial charge >= 0.3 is 5.97 Å². The number of aryl methyl sites for hydroxylation is 1. The van der Waals surface area contributed by atoms with Gasteiger partial charge in [-0.2, -0.15) is 0 Å². The summed E-state index contributed by atoms with van der Waals surface area (Å²) < 4.78 is 10.0. The smallest absolute Gasteiger partial charge is 0.378 e. The number of carbonyl (C=O) groups is 5. The number of carbonyl (C=O) groups excluding carboxylic acids is 5. The number of aliphatic hydroxyl groups is 1. The number of esters is 1. The standard InChI is InChI=1S/C57H71N7O8/c1-9-49(67)62-23-19-40(32-62)53(69)59(7)50(35(3)4)52(68)58-48-30-57(48)28-37-24-41(26-43(66)25-37)39-17-18-46-44(27-39)45(29-56(5,6)34-72-54(70)47-12-11-21-64(55(57)71)60(47)8)51(63(46)10-2)38-15-13-36(14-16-38)31-61-22-20-42(65)33-61/h9,13-18,24-27,35,40,42,47-48,50,65H,1,8,10-12,19-23,28-34H2,2-7H3,(H-,58,66,68)/p+1/t40-,42+,47-,48?,50-,57?/m0/s1. The van der Waals surface area contributed by atoms with Crippen LogP contribution in [-0.2, 0) is 54.6 Å². The molecule has 3 saturated heterocycles. The fourth-order valence-electron chi connectivity index (χ4n) is 12.1. The number of benzene rings is 3. The topological polar surface area (TPSA) is 168 Å². The van der Waals surface area contributed by atoms with Crippen molar-refractivity contribution in [1.82, 2.24) is 29.6 Å². The highest BCUT2D eigenvalue weighted by Crippen LogP contribution is 2.52. The maximum Gasteiger partial charge on any atom is 0.378 e. The van der Waals surface area contributed by atoms with Crippen molar-refractivity contribution in [1.29, 1.82) is 0 Å². The molecule has 382 valence electrons. The lowest BCUT2D eigenvalue weighted by Gasteiger charge is -2.33. The van der Waals surface area contributed by atoms with E-state index in [9.17, 15) is 29.4 Å². The van der Waals surface area contributed by atoms with Crippen molar-refractivity contribution in [3.63, 3.8) is 0 Å². The van der Waals surface area contributed by atoms with Crippen molar-refractivity contribution in [3.05, 3.63) is 90.0 Å². The molecule has 4 aliphatic heterocycles. The number of rotatable bonds is 10. The van der Waals surface area contributed by atoms with Gasteiger partial charge in [-0.25, -0.2) is 4.79 Å². The van der Waals surface area contributed by atoms with Crippen LogP contribution in [0.2, 0.25) is 0 Å². The van der Waals surface area contributed by atoms with E-state index >= 15 is 4.79 Å². The summed E-state index contributed by atoms with van der Waals surface area (Å²) in [5.41, 5.74) is 6.16. The van der Waals surface area contributed by atoms with Crippen molar-refractivity contribution < 1.29 is 43.6 Å². The van der Waals surface area contributed by atoms with E-state index in [1.165, 1.54) is 26.2 Å². The van der Waals surface area contributed by atoms with Gasteiger partial charge in [0.2, 0.25) is 17.7 Å². The van der Waals surface area contributed by atoms with Crippen LogP contribution in [0.25, 0.3) is 33.3 Å². The first kappa shape index (κ1) is 50.6. The number of hydrogen-bond donors (Lipinski definition) is 3. The van der Waals surface area contributed by atoms with E-state index in [4.69, 9.17) is 4.74 Å². The number of likely N-dealkylation sites (N-methyl/N-ethyl adjacent to an activating group) is 1. The van der Waals surface area contributed by atoms with Crippen LogP contribution >= 0.6 is 0 Å². The normalized spacial score (nSPS) is 24.9. The van der Waals surface area contributed by atoms with Crippen molar-refractivity contribution in [2.45, 2.75) is 117 Å². The van der Waals surface area contributed by atoms with E-state index in [0.717, 1.165) is 58.4 Å². The molecule has 5 aliphatic rings. The molecule has 15 heteroatoms. The number of amides is 4. The number of ether oxygens (including phenoxy) is 1. The number of fused-ring (bicyclic) bond motifs is 6. The first-order valence-corrected chi connectivity index (χ1v) is 25.9. The molecular weight excluding hydrogens is 911 g/mol. The van der Waals surface area contributed by atoms with Crippen LogP contribution in [-0.4, -0.2) is 146 Å². The maximum absolute atomic E-state index is 15.2. The van der Waals surface area contributed by atoms with E-state index < -0.39 is 40.8 Å². The summed E-state index contributed by atoms with van der Waals surface area (Å²) >= 11 is 0. The van der Waals surface area contributed by atoms with Crippen LogP contribution in [0.1, 0.15) is 83.4 Å². The molecule has 6 atom stereocenters. The number of phenols is 1. The number of likely N-dealkylation sites (tertiary alicyclic amines) is 2. The van der Waals surface area contributed by atoms with E-state index in [-0.39, 0.29) is 67.4 Å². The number of aliphatic hydroxyl groups excluding tert-OH is 1. The maximum atomic E-state index is 15.2. The summed E-state index contributed by atoms with van der Waals surface area (Å²) in [6.07, 6.45) is 4.23. The number of cyclic esters (lactones) is 1. The number of hydrazone groups is 1. The zero-order valence-electron chi connectivity index (χ0n) is 42.9. The second kappa shape index (κ2) is 19.9. The van der Waals surface area contributed by atoms with Crippen LogP contribution < -0.4 is 5.32 Å². The van der Waals surface area contributed by atoms with Gasteiger partial charge in [-0.05, 0) is 115 Å². The Morgan fingerprint density at radius 3 is 2.40 bits per heavy atom. The number of β-amino-alcohol motifs (C(OH)–C–C–N with tert-alkyl or cyclic N) is 1. The zero-order chi connectivity index (χ0) is 51.4. The molecule has 2 unspecified atom stereocenters. The summed E-state index contributed by atoms with van der Waals surface area (Å²) in [5.74, 6) is -2.31. The van der Waals surface area contributed by atoms with Gasteiger partial charge in [0.25, 0.3) is 11.9 Å². The third kappa shape index (κ3) is 9.81. The Kier molecular flexibility index (Phi) is 14.0. The van der Waals surface area contributed by atoms with Gasteiger partial charge in [0.1, 0.15) is 11.8 Å². The molecule has 1 spiro atoms. The highest BCUT2D eigenvalue weighted by Gasteiger charge is 2.64. The average Bonchev–Trinajstić information content (AvgIpc) is 3.66. The zero-order valence-corrected chi connectivity index (χ0v) is 42.9. The Morgan fingerprint density at radius 2 is 1.71 bits per heavy atom. The number of aromatic nitrogens is 1. The van der Waals surface area contributed by atoms with Gasteiger partial charge in [-0.3, -0.25) is 24.1 Å². The molecule has 4 amide bonds. The minimum absolute atomic E-state index is 0.0392. The van der Waals surface area contributed by atoms with Gasteiger partial charge in [-0.1, -0.05) is 70.7 Å². The predicted octanol–water partition coefficient (Wildman–Crippen LogP) is 5.95. The van der Waals surface area contributed by atoms with Crippen LogP contribution in [0.4, 0.5) is 0 Å². The lowest BCUT2D eigenvalue weighted by atomic mass is 9.84. The molecule has 4 aromatic rings. The number of nitrogens with one attached hydrogen (secondary N) is 1. The minimum atomic E-state index is -1.17. The number of hydrazine groups is 1. The quantitative estimate of drug-likeness (QED) is 0.0990. The van der Waals surface area contributed by atoms with E-state index in [1.54, 1.807) is 24.1 Å². The van der Waals surface area contributed by atoms with Gasteiger partial charge in [-0.15, -0.1) is 9.69 Å². The largest absolute Gasteiger partial charge is 0.508 e. The van der Waals surface area contributed by atoms with E-state index in [2.05, 4.69) is 91.3 Å². The summed E-state index contributed by atoms with van der Waals surface area (Å²) in [6.45, 7) is 22.1. The molecule has 4 fully saturated rings. The van der Waals surface area contributed by atoms with Gasteiger partial charge in [0.15, 0.2) is 6.72 Å². The van der Waals surface area contributed by atoms with Gasteiger partial charge in [0, 0.05) is 75.1 Å². The lowest BCUT2D eigenvalue weighted by Crippen LogP contribution is -2.56. The minimum Gasteiger partial charge on any atom is -0.508 e. The first-order chi connectivity index (χ1) is 34.3. The van der Waals surface area contributed by atoms with Gasteiger partial charge < -0.3 is 34.6 Å². The molecule has 0 radical (unpaired) electrons. The highest BCUT2D eigenvalue weighted by molar-refractivity contribution is 5.96. The average molecular weight is 983 g/mol. The molecule has 72 heavy (non-hydrogen) atoms. The van der Waals surface area contributed by atoms with Crippen molar-refractivity contribution in [3.8, 4) is 28.1 Å². The fraction of sp³-hybridized carbons (Fsp3) is 0.509. The highest BCUT2D eigenvalue weighted by atomic mass is 16.5. The second-order valence-corrected chi connectivity index (χ2v) is 22.3. The first-order valence-electron chi connectivity index (χ1n) is 25.9. The van der Waals surface area contributed by atoms with Gasteiger partial charge in [0.05, 0.1) is 36.3 Å². The Bertz CT molecular complexity index is 2820. The molecule has 3 aromatic carbocycles. The van der Waals surface area contributed by atoms with Crippen molar-refractivity contribution >= 4 is 47.2 Å². The summed E-state index contributed by atoms with van der Waals surface area (Å²) in [7, 11) is 1.62. The third-order valence-electron chi connectivity index (χ3n) is 16.0. The van der Waals surface area contributed by atoms with Crippen molar-refractivity contribution in [2.75, 3.05) is 46.4 Å². The Morgan fingerprint density at radius 1 is 0.958 bits per heavy atom. The molecule has 9 rings (SSSR count). The lowest BCUT2D eigenvalue weighted by molar-refractivity contribution is -0.693. The van der Waals surface area contributed by atoms with Crippen LogP contribution in [0.15, 0.2) is 73.3 Å². The second-order valence-electron chi connectivity index (χ2n) is 22.3. The summed E-state index contributed by atoms with van der Waals surface area (Å²) in [6, 6.07) is 18.2.